The van der Waals surface area contributed by atoms with E-state index in [-0.39, 0.29) is 17.6 Å². The third kappa shape index (κ3) is 3.74. The molecule has 1 aromatic carbocycles. The van der Waals surface area contributed by atoms with Gasteiger partial charge in [-0.2, -0.15) is 0 Å². The van der Waals surface area contributed by atoms with E-state index in [0.717, 1.165) is 5.56 Å². The van der Waals surface area contributed by atoms with Gasteiger partial charge >= 0.3 is 0 Å². The summed E-state index contributed by atoms with van der Waals surface area (Å²) in [5.41, 5.74) is 1.44. The number of rotatable bonds is 3. The van der Waals surface area contributed by atoms with Crippen LogP contribution in [0.5, 0.6) is 0 Å². The number of pyridine rings is 1. The maximum absolute atomic E-state index is 13.3. The minimum atomic E-state index is -0.472. The monoisotopic (exact) mass is 314 g/mol. The highest BCUT2D eigenvalue weighted by atomic mass is 19.1. The number of likely N-dealkylation sites (tertiary alicyclic amines) is 1. The molecular formula is C18H19FN2O2. The first-order valence-electron chi connectivity index (χ1n) is 7.75. The second-order valence-corrected chi connectivity index (χ2v) is 5.94. The smallest absolute Gasteiger partial charge is 0.253 e. The Bertz CT molecular complexity index is 678. The summed E-state index contributed by atoms with van der Waals surface area (Å²) >= 11 is 0. The number of carbonyl (C=O) groups is 1. The molecule has 2 aromatic rings. The maximum Gasteiger partial charge on any atom is 0.253 e. The van der Waals surface area contributed by atoms with Crippen LogP contribution in [-0.4, -0.2) is 40.1 Å². The van der Waals surface area contributed by atoms with Gasteiger partial charge in [-0.25, -0.2) is 4.39 Å². The molecule has 1 N–H and O–H groups in total. The fourth-order valence-electron chi connectivity index (χ4n) is 3.05. The molecule has 1 aliphatic rings. The van der Waals surface area contributed by atoms with Crippen molar-refractivity contribution >= 4 is 5.91 Å². The Morgan fingerprint density at radius 3 is 2.83 bits per heavy atom. The number of amides is 1. The summed E-state index contributed by atoms with van der Waals surface area (Å²) in [5.74, 6) is -0.419. The largest absolute Gasteiger partial charge is 0.393 e. The van der Waals surface area contributed by atoms with E-state index in [9.17, 15) is 14.3 Å². The number of aromatic nitrogens is 1. The summed E-state index contributed by atoms with van der Waals surface area (Å²) < 4.78 is 13.3. The van der Waals surface area contributed by atoms with Gasteiger partial charge in [0.2, 0.25) is 0 Å². The number of hydrogen-bond acceptors (Lipinski definition) is 3. The minimum absolute atomic E-state index is 0.0523. The molecule has 2 heterocycles. The van der Waals surface area contributed by atoms with Crippen molar-refractivity contribution in [3.8, 4) is 0 Å². The van der Waals surface area contributed by atoms with Crippen LogP contribution in [-0.2, 0) is 6.42 Å². The lowest BCUT2D eigenvalue weighted by atomic mass is 9.88. The number of carbonyl (C=O) groups excluding carboxylic acids is 1. The van der Waals surface area contributed by atoms with E-state index in [1.165, 1.54) is 12.1 Å². The Balaban J connectivity index is 1.70. The van der Waals surface area contributed by atoms with E-state index >= 15 is 0 Å². The van der Waals surface area contributed by atoms with Gasteiger partial charge in [-0.1, -0.05) is 12.1 Å². The standard InChI is InChI=1S/C18H19FN2O2/c19-16-3-1-2-13(11-16)10-15-12-21(9-6-17(15)22)18(23)14-4-7-20-8-5-14/h1-5,7-8,11,15,17,22H,6,9-10,12H2/t15-,17-/m1/s1. The average molecular weight is 314 g/mol. The molecule has 1 aromatic heterocycles. The van der Waals surface area contributed by atoms with Crippen molar-refractivity contribution in [2.75, 3.05) is 13.1 Å². The van der Waals surface area contributed by atoms with Crippen molar-refractivity contribution in [1.29, 1.82) is 0 Å². The van der Waals surface area contributed by atoms with Crippen LogP contribution in [0.4, 0.5) is 4.39 Å². The van der Waals surface area contributed by atoms with Crippen molar-refractivity contribution in [3.05, 3.63) is 65.7 Å². The van der Waals surface area contributed by atoms with Gasteiger partial charge < -0.3 is 10.0 Å². The van der Waals surface area contributed by atoms with Gasteiger partial charge in [-0.15, -0.1) is 0 Å². The Morgan fingerprint density at radius 2 is 2.09 bits per heavy atom. The van der Waals surface area contributed by atoms with Gasteiger partial charge in [0.1, 0.15) is 5.82 Å². The topological polar surface area (TPSA) is 53.4 Å². The van der Waals surface area contributed by atoms with Gasteiger partial charge in [0, 0.05) is 37.0 Å². The number of aliphatic hydroxyl groups is 1. The van der Waals surface area contributed by atoms with Crippen LogP contribution < -0.4 is 0 Å². The predicted octanol–water partition coefficient (Wildman–Crippen LogP) is 2.29. The molecule has 0 aliphatic carbocycles. The zero-order chi connectivity index (χ0) is 16.2. The third-order valence-corrected chi connectivity index (χ3v) is 4.30. The van der Waals surface area contributed by atoms with Crippen LogP contribution in [0.25, 0.3) is 0 Å². The number of aliphatic hydroxyl groups excluding tert-OH is 1. The second-order valence-electron chi connectivity index (χ2n) is 5.94. The average Bonchev–Trinajstić information content (AvgIpc) is 2.57. The summed E-state index contributed by atoms with van der Waals surface area (Å²) in [6.45, 7) is 1.00. The fourth-order valence-corrected chi connectivity index (χ4v) is 3.05. The number of nitrogens with zero attached hydrogens (tertiary/aromatic N) is 2. The molecule has 0 bridgehead atoms. The molecule has 0 unspecified atom stereocenters. The van der Waals surface area contributed by atoms with Gasteiger partial charge in [0.05, 0.1) is 6.10 Å². The van der Waals surface area contributed by atoms with Crippen LogP contribution in [0.2, 0.25) is 0 Å². The lowest BCUT2D eigenvalue weighted by molar-refractivity contribution is 0.0241. The molecule has 5 heteroatoms. The molecule has 0 saturated carbocycles. The number of piperidine rings is 1. The van der Waals surface area contributed by atoms with Crippen molar-refractivity contribution in [2.24, 2.45) is 5.92 Å². The Labute approximate surface area is 134 Å². The quantitative estimate of drug-likeness (QED) is 0.946. The normalized spacial score (nSPS) is 21.2. The Morgan fingerprint density at radius 1 is 1.30 bits per heavy atom. The zero-order valence-electron chi connectivity index (χ0n) is 12.7. The van der Waals surface area contributed by atoms with E-state index in [1.807, 2.05) is 6.07 Å². The van der Waals surface area contributed by atoms with Crippen molar-refractivity contribution in [2.45, 2.75) is 18.9 Å². The fraction of sp³-hybridized carbons (Fsp3) is 0.333. The Hall–Kier alpha value is -2.27. The maximum atomic E-state index is 13.3. The van der Waals surface area contributed by atoms with Crippen LogP contribution in [0.1, 0.15) is 22.3 Å². The summed E-state index contributed by atoms with van der Waals surface area (Å²) in [4.78, 5) is 18.2. The SMILES string of the molecule is O=C(c1ccncc1)N1CC[C@@H](O)[C@H](Cc2cccc(F)c2)C1. The molecule has 1 fully saturated rings. The number of benzene rings is 1. The molecule has 4 nitrogen and oxygen atoms in total. The summed E-state index contributed by atoms with van der Waals surface area (Å²) in [6.07, 6.45) is 3.81. The van der Waals surface area contributed by atoms with Crippen molar-refractivity contribution < 1.29 is 14.3 Å². The lowest BCUT2D eigenvalue weighted by Gasteiger charge is -2.36. The summed E-state index contributed by atoms with van der Waals surface area (Å²) in [7, 11) is 0. The van der Waals surface area contributed by atoms with Crippen molar-refractivity contribution in [3.63, 3.8) is 0 Å². The first kappa shape index (κ1) is 15.6. The first-order valence-corrected chi connectivity index (χ1v) is 7.75. The minimum Gasteiger partial charge on any atom is -0.393 e. The first-order chi connectivity index (χ1) is 11.1. The van der Waals surface area contributed by atoms with E-state index < -0.39 is 6.10 Å². The van der Waals surface area contributed by atoms with Crippen LogP contribution in [0.3, 0.4) is 0 Å². The molecule has 0 radical (unpaired) electrons. The van der Waals surface area contributed by atoms with E-state index in [4.69, 9.17) is 0 Å². The molecule has 1 saturated heterocycles. The van der Waals surface area contributed by atoms with Crippen LogP contribution >= 0.6 is 0 Å². The molecule has 1 aliphatic heterocycles. The van der Waals surface area contributed by atoms with Crippen LogP contribution in [0, 0.1) is 11.7 Å². The van der Waals surface area contributed by atoms with E-state index in [2.05, 4.69) is 4.98 Å². The highest BCUT2D eigenvalue weighted by Gasteiger charge is 2.30. The number of hydrogen-bond donors (Lipinski definition) is 1. The molecule has 3 rings (SSSR count). The Kier molecular flexibility index (Phi) is 4.67. The zero-order valence-corrected chi connectivity index (χ0v) is 12.7. The van der Waals surface area contributed by atoms with E-state index in [0.29, 0.717) is 31.5 Å². The van der Waals surface area contributed by atoms with Gasteiger partial charge in [-0.05, 0) is 42.7 Å². The van der Waals surface area contributed by atoms with E-state index in [1.54, 1.807) is 35.5 Å². The lowest BCUT2D eigenvalue weighted by Crippen LogP contribution is -2.46. The van der Waals surface area contributed by atoms with Crippen LogP contribution in [0.15, 0.2) is 48.8 Å². The molecule has 2 atom stereocenters. The predicted molar refractivity (Wildman–Crippen MR) is 84.4 cm³/mol. The second kappa shape index (κ2) is 6.87. The molecular weight excluding hydrogens is 295 g/mol. The summed E-state index contributed by atoms with van der Waals surface area (Å²) in [5, 5.41) is 10.2. The van der Waals surface area contributed by atoms with Gasteiger partial charge in [0.25, 0.3) is 5.91 Å². The van der Waals surface area contributed by atoms with Gasteiger partial charge in [0.15, 0.2) is 0 Å². The molecule has 23 heavy (non-hydrogen) atoms. The third-order valence-electron chi connectivity index (χ3n) is 4.30. The number of halogens is 1. The molecule has 120 valence electrons. The van der Waals surface area contributed by atoms with Gasteiger partial charge in [-0.3, -0.25) is 9.78 Å². The summed E-state index contributed by atoms with van der Waals surface area (Å²) in [6, 6.07) is 9.78. The highest BCUT2D eigenvalue weighted by molar-refractivity contribution is 5.94. The molecule has 1 amide bonds. The molecule has 0 spiro atoms. The highest BCUT2D eigenvalue weighted by Crippen LogP contribution is 2.23. The van der Waals surface area contributed by atoms with Crippen molar-refractivity contribution in [1.82, 2.24) is 9.88 Å².